The highest BCUT2D eigenvalue weighted by Crippen LogP contribution is 2.54. The summed E-state index contributed by atoms with van der Waals surface area (Å²) in [6, 6.07) is 14.2. The molecule has 2 aromatic rings. The molecule has 2 aliphatic heterocycles. The van der Waals surface area contributed by atoms with Gasteiger partial charge in [0.1, 0.15) is 5.54 Å². The molecule has 0 amide bonds. The van der Waals surface area contributed by atoms with Crippen LogP contribution in [0, 0.1) is 5.92 Å². The van der Waals surface area contributed by atoms with Crippen molar-refractivity contribution in [3.8, 4) is 0 Å². The molecule has 0 aliphatic carbocycles. The Kier molecular flexibility index (Phi) is 7.12. The average Bonchev–Trinajstić information content (AvgIpc) is 3.41. The lowest BCUT2D eigenvalue weighted by molar-refractivity contribution is -0.160. The maximum Gasteiger partial charge on any atom is 0.374 e. The van der Waals surface area contributed by atoms with Crippen molar-refractivity contribution in [2.24, 2.45) is 5.92 Å². The van der Waals surface area contributed by atoms with Crippen molar-refractivity contribution in [3.63, 3.8) is 0 Å². The first-order chi connectivity index (χ1) is 16.3. The van der Waals surface area contributed by atoms with E-state index in [0.29, 0.717) is 16.6 Å². The van der Waals surface area contributed by atoms with Gasteiger partial charge in [0, 0.05) is 22.0 Å². The van der Waals surface area contributed by atoms with Crippen LogP contribution >= 0.6 is 23.2 Å². The third-order valence-corrected chi connectivity index (χ3v) is 7.29. The van der Waals surface area contributed by atoms with Gasteiger partial charge in [0.15, 0.2) is 0 Å². The SMILES string of the molecule is COC(=O)C(=O)[C@@H]1[C@@H](c2cccc(Cl)c2)[C@@H]2CCCN2[C@@]1(/C=C/c1cccc(Cl)c1)C(=O)OC. The van der Waals surface area contributed by atoms with E-state index in [1.807, 2.05) is 17.0 Å². The third kappa shape index (κ3) is 4.15. The van der Waals surface area contributed by atoms with Crippen molar-refractivity contribution in [2.75, 3.05) is 20.8 Å². The minimum Gasteiger partial charge on any atom is -0.467 e. The Morgan fingerprint density at radius 3 is 2.38 bits per heavy atom. The van der Waals surface area contributed by atoms with Crippen LogP contribution in [0.2, 0.25) is 10.0 Å². The van der Waals surface area contributed by atoms with E-state index in [-0.39, 0.29) is 6.04 Å². The first-order valence-corrected chi connectivity index (χ1v) is 11.8. The summed E-state index contributed by atoms with van der Waals surface area (Å²) in [7, 11) is 2.45. The normalized spacial score (nSPS) is 26.4. The summed E-state index contributed by atoms with van der Waals surface area (Å²) in [6.07, 6.45) is 5.02. The topological polar surface area (TPSA) is 72.9 Å². The fourth-order valence-electron chi connectivity index (χ4n) is 5.53. The van der Waals surface area contributed by atoms with Gasteiger partial charge in [-0.1, -0.05) is 59.6 Å². The van der Waals surface area contributed by atoms with Crippen molar-refractivity contribution in [2.45, 2.75) is 30.3 Å². The van der Waals surface area contributed by atoms with E-state index in [1.54, 1.807) is 48.6 Å². The molecule has 178 valence electrons. The number of ether oxygens (including phenoxy) is 2. The first kappa shape index (κ1) is 24.5. The van der Waals surface area contributed by atoms with Crippen LogP contribution in [0.5, 0.6) is 0 Å². The van der Waals surface area contributed by atoms with Crippen LogP contribution in [0.15, 0.2) is 54.6 Å². The molecule has 2 saturated heterocycles. The van der Waals surface area contributed by atoms with Gasteiger partial charge in [-0.2, -0.15) is 0 Å². The summed E-state index contributed by atoms with van der Waals surface area (Å²) in [5.41, 5.74) is 0.0341. The Morgan fingerprint density at radius 2 is 1.74 bits per heavy atom. The lowest BCUT2D eigenvalue weighted by Crippen LogP contribution is -2.56. The molecule has 2 aliphatic rings. The molecule has 0 radical (unpaired) electrons. The van der Waals surface area contributed by atoms with Gasteiger partial charge in [-0.05, 0) is 54.8 Å². The molecule has 0 spiro atoms. The molecule has 6 nitrogen and oxygen atoms in total. The Morgan fingerprint density at radius 1 is 1.03 bits per heavy atom. The van der Waals surface area contributed by atoms with Crippen molar-refractivity contribution in [1.82, 2.24) is 4.90 Å². The summed E-state index contributed by atoms with van der Waals surface area (Å²) < 4.78 is 10.1. The minimum absolute atomic E-state index is 0.166. The largest absolute Gasteiger partial charge is 0.467 e. The molecule has 2 heterocycles. The molecule has 0 unspecified atom stereocenters. The lowest BCUT2D eigenvalue weighted by Gasteiger charge is -2.36. The van der Waals surface area contributed by atoms with E-state index in [4.69, 9.17) is 32.7 Å². The number of fused-ring (bicyclic) bond motifs is 1. The number of Topliss-reactive ketones (excluding diaryl/α,β-unsaturated/α-hetero) is 1. The van der Waals surface area contributed by atoms with Gasteiger partial charge >= 0.3 is 11.9 Å². The summed E-state index contributed by atoms with van der Waals surface area (Å²) >= 11 is 12.4. The zero-order chi connectivity index (χ0) is 24.5. The zero-order valence-electron chi connectivity index (χ0n) is 18.9. The van der Waals surface area contributed by atoms with Gasteiger partial charge in [-0.15, -0.1) is 0 Å². The molecule has 0 bridgehead atoms. The summed E-state index contributed by atoms with van der Waals surface area (Å²) in [5, 5.41) is 1.05. The van der Waals surface area contributed by atoms with Gasteiger partial charge in [0.2, 0.25) is 5.78 Å². The number of halogens is 2. The maximum absolute atomic E-state index is 13.6. The van der Waals surface area contributed by atoms with Crippen molar-refractivity contribution < 1.29 is 23.9 Å². The van der Waals surface area contributed by atoms with Crippen molar-refractivity contribution >= 4 is 47.0 Å². The van der Waals surface area contributed by atoms with Gasteiger partial charge < -0.3 is 9.47 Å². The first-order valence-electron chi connectivity index (χ1n) is 11.0. The quantitative estimate of drug-likeness (QED) is 0.427. The fraction of sp³-hybridized carbons (Fsp3) is 0.346. The molecule has 0 saturated carbocycles. The van der Waals surface area contributed by atoms with Gasteiger partial charge in [-0.25, -0.2) is 9.59 Å². The molecule has 0 N–H and O–H groups in total. The molecule has 4 rings (SSSR count). The summed E-state index contributed by atoms with van der Waals surface area (Å²) in [6.45, 7) is 0.571. The molecule has 2 fully saturated rings. The second-order valence-corrected chi connectivity index (χ2v) is 9.40. The number of methoxy groups -OCH3 is 2. The molecule has 2 aromatic carbocycles. The predicted octanol–water partition coefficient (Wildman–Crippen LogP) is 4.54. The number of carbonyl (C=O) groups is 3. The van der Waals surface area contributed by atoms with Gasteiger partial charge in [0.25, 0.3) is 0 Å². The molecule has 8 heteroatoms. The number of esters is 2. The van der Waals surface area contributed by atoms with Crippen LogP contribution in [0.1, 0.15) is 29.9 Å². The van der Waals surface area contributed by atoms with Crippen LogP contribution < -0.4 is 0 Å². The minimum atomic E-state index is -1.50. The summed E-state index contributed by atoms with van der Waals surface area (Å²) in [4.78, 5) is 41.7. The van der Waals surface area contributed by atoms with Crippen molar-refractivity contribution in [1.29, 1.82) is 0 Å². The number of benzene rings is 2. The summed E-state index contributed by atoms with van der Waals surface area (Å²) in [5.74, 6) is -3.90. The van der Waals surface area contributed by atoms with Crippen LogP contribution in [-0.4, -0.2) is 55.0 Å². The van der Waals surface area contributed by atoms with E-state index in [0.717, 1.165) is 31.1 Å². The molecular weight excluding hydrogens is 477 g/mol. The molecular formula is C26H25Cl2NO5. The number of hydrogen-bond acceptors (Lipinski definition) is 6. The van der Waals surface area contributed by atoms with E-state index in [2.05, 4.69) is 0 Å². The molecule has 4 atom stereocenters. The zero-order valence-corrected chi connectivity index (χ0v) is 20.4. The average molecular weight is 502 g/mol. The second-order valence-electron chi connectivity index (χ2n) is 8.52. The van der Waals surface area contributed by atoms with E-state index in [1.165, 1.54) is 7.11 Å². The molecule has 34 heavy (non-hydrogen) atoms. The number of nitrogens with zero attached hydrogens (tertiary/aromatic N) is 1. The Labute approximate surface area is 208 Å². The Balaban J connectivity index is 1.95. The number of carbonyl (C=O) groups excluding carboxylic acids is 3. The third-order valence-electron chi connectivity index (χ3n) is 6.82. The van der Waals surface area contributed by atoms with Crippen LogP contribution in [0.25, 0.3) is 6.08 Å². The van der Waals surface area contributed by atoms with E-state index >= 15 is 0 Å². The number of ketones is 1. The second kappa shape index (κ2) is 9.90. The number of rotatable bonds is 6. The predicted molar refractivity (Wildman–Crippen MR) is 130 cm³/mol. The van der Waals surface area contributed by atoms with Gasteiger partial charge in [-0.3, -0.25) is 9.69 Å². The Hall–Kier alpha value is -2.67. The van der Waals surface area contributed by atoms with Gasteiger partial charge in [0.05, 0.1) is 20.1 Å². The van der Waals surface area contributed by atoms with E-state index < -0.39 is 35.1 Å². The smallest absolute Gasteiger partial charge is 0.374 e. The number of hydrogen-bond donors (Lipinski definition) is 0. The standard InChI is InChI=1S/C26H25Cl2NO5/c1-33-24(31)23(30)22-21(17-7-4-9-19(28)15-17)20-10-5-13-29(20)26(22,25(32)34-2)12-11-16-6-3-8-18(27)14-16/h3-4,6-9,11-12,14-15,20-22H,5,10,13H2,1-2H3/b12-11+/t20-,21-,22-,26+/m0/s1. The Bertz CT molecular complexity index is 1150. The fourth-order valence-corrected chi connectivity index (χ4v) is 5.92. The van der Waals surface area contributed by atoms with Crippen LogP contribution in [0.4, 0.5) is 0 Å². The monoisotopic (exact) mass is 501 g/mol. The maximum atomic E-state index is 13.6. The van der Waals surface area contributed by atoms with Crippen LogP contribution in [0.3, 0.4) is 0 Å². The lowest BCUT2D eigenvalue weighted by atomic mass is 9.71. The highest BCUT2D eigenvalue weighted by atomic mass is 35.5. The highest BCUT2D eigenvalue weighted by Gasteiger charge is 2.66. The van der Waals surface area contributed by atoms with E-state index in [9.17, 15) is 14.4 Å². The van der Waals surface area contributed by atoms with Crippen LogP contribution in [-0.2, 0) is 23.9 Å². The molecule has 0 aromatic heterocycles. The van der Waals surface area contributed by atoms with Crippen molar-refractivity contribution in [3.05, 3.63) is 75.8 Å². The highest BCUT2D eigenvalue weighted by molar-refractivity contribution is 6.36.